The number of nitrogens with one attached hydrogen (secondary N) is 1. The number of carbonyl (C=O) groups is 2. The molecule has 1 fully saturated rings. The van der Waals surface area contributed by atoms with Crippen molar-refractivity contribution < 1.29 is 19.1 Å². The molecule has 2 aromatic rings. The largest absolute Gasteiger partial charge is 0.497 e. The molecule has 23 heavy (non-hydrogen) atoms. The molecule has 0 radical (unpaired) electrons. The van der Waals surface area contributed by atoms with Crippen molar-refractivity contribution >= 4 is 22.5 Å². The molecule has 1 saturated carbocycles. The Kier molecular flexibility index (Phi) is 3.04. The molecule has 0 aromatic heterocycles. The SMILES string of the molecule is COc1ccc2ccc3c(c2c1)OC1(CCC(=O)CC1)NC3=O. The second-order valence-electron chi connectivity index (χ2n) is 6.12. The number of Topliss-reactive ketones (excluding diaryl/α,β-unsaturated/α-hetero) is 1. The predicted octanol–water partition coefficient (Wildman–Crippen LogP) is 2.81. The van der Waals surface area contributed by atoms with E-state index in [0.717, 1.165) is 10.8 Å². The summed E-state index contributed by atoms with van der Waals surface area (Å²) in [6, 6.07) is 9.39. The van der Waals surface area contributed by atoms with E-state index < -0.39 is 5.72 Å². The summed E-state index contributed by atoms with van der Waals surface area (Å²) in [4.78, 5) is 24.1. The Labute approximate surface area is 133 Å². The molecule has 1 aliphatic heterocycles. The molecule has 1 amide bonds. The minimum absolute atomic E-state index is 0.148. The number of hydrogen-bond donors (Lipinski definition) is 1. The standard InChI is InChI=1S/C18H17NO4/c1-22-13-4-2-11-3-5-14-16(15(11)10-13)23-18(19-17(14)21)8-6-12(20)7-9-18/h2-5,10H,6-9H2,1H3,(H,19,21). The topological polar surface area (TPSA) is 64.6 Å². The molecule has 0 atom stereocenters. The summed E-state index contributed by atoms with van der Waals surface area (Å²) >= 11 is 0. The van der Waals surface area contributed by atoms with Gasteiger partial charge >= 0.3 is 0 Å². The Hall–Kier alpha value is -2.56. The highest BCUT2D eigenvalue weighted by Crippen LogP contribution is 2.40. The summed E-state index contributed by atoms with van der Waals surface area (Å²) in [7, 11) is 1.61. The van der Waals surface area contributed by atoms with Crippen LogP contribution in [-0.4, -0.2) is 24.5 Å². The van der Waals surface area contributed by atoms with Crippen LogP contribution in [0.15, 0.2) is 30.3 Å². The fourth-order valence-corrected chi connectivity index (χ4v) is 3.34. The van der Waals surface area contributed by atoms with Crippen LogP contribution in [0.25, 0.3) is 10.8 Å². The van der Waals surface area contributed by atoms with Crippen LogP contribution >= 0.6 is 0 Å². The summed E-state index contributed by atoms with van der Waals surface area (Å²) in [6.07, 6.45) is 1.89. The molecule has 2 aliphatic rings. The molecule has 118 valence electrons. The number of rotatable bonds is 1. The van der Waals surface area contributed by atoms with Crippen LogP contribution in [0.3, 0.4) is 0 Å². The molecule has 0 saturated heterocycles. The van der Waals surface area contributed by atoms with E-state index in [-0.39, 0.29) is 11.7 Å². The van der Waals surface area contributed by atoms with Crippen molar-refractivity contribution in [1.82, 2.24) is 5.32 Å². The lowest BCUT2D eigenvalue weighted by Gasteiger charge is -2.41. The van der Waals surface area contributed by atoms with E-state index in [9.17, 15) is 9.59 Å². The zero-order valence-corrected chi connectivity index (χ0v) is 12.8. The molecule has 5 nitrogen and oxygen atoms in total. The first-order valence-electron chi connectivity index (χ1n) is 7.74. The third-order valence-corrected chi connectivity index (χ3v) is 4.68. The smallest absolute Gasteiger partial charge is 0.258 e. The number of fused-ring (bicyclic) bond motifs is 3. The Balaban J connectivity index is 1.85. The van der Waals surface area contributed by atoms with Gasteiger partial charge in [-0.1, -0.05) is 12.1 Å². The number of ether oxygens (including phenoxy) is 2. The van der Waals surface area contributed by atoms with E-state index >= 15 is 0 Å². The molecular weight excluding hydrogens is 294 g/mol. The first-order chi connectivity index (χ1) is 11.1. The number of methoxy groups -OCH3 is 1. The number of amides is 1. The average Bonchev–Trinajstić information content (AvgIpc) is 2.57. The highest BCUT2D eigenvalue weighted by atomic mass is 16.5. The molecule has 1 heterocycles. The molecule has 0 bridgehead atoms. The third kappa shape index (κ3) is 2.23. The predicted molar refractivity (Wildman–Crippen MR) is 84.8 cm³/mol. The van der Waals surface area contributed by atoms with Gasteiger partial charge in [0, 0.05) is 31.1 Å². The fraction of sp³-hybridized carbons (Fsp3) is 0.333. The second kappa shape index (κ2) is 4.98. The molecular formula is C18H17NO4. The van der Waals surface area contributed by atoms with Crippen molar-refractivity contribution in [3.05, 3.63) is 35.9 Å². The van der Waals surface area contributed by atoms with Crippen LogP contribution in [-0.2, 0) is 4.79 Å². The molecule has 1 aliphatic carbocycles. The van der Waals surface area contributed by atoms with Gasteiger partial charge in [0.15, 0.2) is 5.72 Å². The van der Waals surface area contributed by atoms with Gasteiger partial charge in [-0.2, -0.15) is 0 Å². The summed E-state index contributed by atoms with van der Waals surface area (Å²) in [6.45, 7) is 0. The maximum atomic E-state index is 12.5. The summed E-state index contributed by atoms with van der Waals surface area (Å²) < 4.78 is 11.5. The molecule has 0 unspecified atom stereocenters. The number of ketones is 1. The minimum atomic E-state index is -0.768. The first-order valence-corrected chi connectivity index (χ1v) is 7.74. The van der Waals surface area contributed by atoms with Crippen LogP contribution in [0.4, 0.5) is 0 Å². The zero-order valence-electron chi connectivity index (χ0n) is 12.8. The van der Waals surface area contributed by atoms with E-state index in [0.29, 0.717) is 42.7 Å². The minimum Gasteiger partial charge on any atom is -0.497 e. The lowest BCUT2D eigenvalue weighted by atomic mass is 9.88. The fourth-order valence-electron chi connectivity index (χ4n) is 3.34. The van der Waals surface area contributed by atoms with Crippen LogP contribution in [0, 0.1) is 0 Å². The Morgan fingerprint density at radius 2 is 1.87 bits per heavy atom. The molecule has 2 aromatic carbocycles. The lowest BCUT2D eigenvalue weighted by Crippen LogP contribution is -2.57. The van der Waals surface area contributed by atoms with E-state index in [2.05, 4.69) is 5.32 Å². The van der Waals surface area contributed by atoms with E-state index in [1.165, 1.54) is 0 Å². The van der Waals surface area contributed by atoms with Gasteiger partial charge in [-0.15, -0.1) is 0 Å². The Morgan fingerprint density at radius 3 is 2.61 bits per heavy atom. The van der Waals surface area contributed by atoms with Crippen molar-refractivity contribution in [3.8, 4) is 11.5 Å². The maximum absolute atomic E-state index is 12.5. The van der Waals surface area contributed by atoms with Crippen LogP contribution in [0.1, 0.15) is 36.0 Å². The van der Waals surface area contributed by atoms with Crippen LogP contribution < -0.4 is 14.8 Å². The lowest BCUT2D eigenvalue weighted by molar-refractivity contribution is -0.125. The quantitative estimate of drug-likeness (QED) is 0.879. The maximum Gasteiger partial charge on any atom is 0.258 e. The monoisotopic (exact) mass is 311 g/mol. The Morgan fingerprint density at radius 1 is 1.13 bits per heavy atom. The second-order valence-corrected chi connectivity index (χ2v) is 6.12. The Bertz CT molecular complexity index is 817. The van der Waals surface area contributed by atoms with Gasteiger partial charge in [-0.3, -0.25) is 9.59 Å². The number of benzene rings is 2. The average molecular weight is 311 g/mol. The van der Waals surface area contributed by atoms with Gasteiger partial charge in [0.25, 0.3) is 5.91 Å². The normalized spacial score (nSPS) is 19.2. The van der Waals surface area contributed by atoms with Gasteiger partial charge in [-0.05, 0) is 23.6 Å². The van der Waals surface area contributed by atoms with E-state index in [4.69, 9.17) is 9.47 Å². The number of hydrogen-bond acceptors (Lipinski definition) is 4. The highest BCUT2D eigenvalue weighted by molar-refractivity contribution is 6.05. The van der Waals surface area contributed by atoms with E-state index in [1.807, 2.05) is 24.3 Å². The van der Waals surface area contributed by atoms with Gasteiger partial charge in [0.05, 0.1) is 12.7 Å². The van der Waals surface area contributed by atoms with Gasteiger partial charge in [0.1, 0.15) is 17.3 Å². The van der Waals surface area contributed by atoms with Crippen molar-refractivity contribution in [2.45, 2.75) is 31.4 Å². The molecule has 1 N–H and O–H groups in total. The van der Waals surface area contributed by atoms with Gasteiger partial charge in [0.2, 0.25) is 0 Å². The summed E-state index contributed by atoms with van der Waals surface area (Å²) in [5, 5.41) is 4.80. The zero-order chi connectivity index (χ0) is 16.0. The molecule has 5 heteroatoms. The number of carbonyl (C=O) groups excluding carboxylic acids is 2. The van der Waals surface area contributed by atoms with Crippen molar-refractivity contribution in [3.63, 3.8) is 0 Å². The van der Waals surface area contributed by atoms with Crippen molar-refractivity contribution in [2.24, 2.45) is 0 Å². The molecule has 1 spiro atoms. The summed E-state index contributed by atoms with van der Waals surface area (Å²) in [5.41, 5.74) is -0.247. The van der Waals surface area contributed by atoms with Gasteiger partial charge in [-0.25, -0.2) is 0 Å². The first kappa shape index (κ1) is 14.1. The summed E-state index contributed by atoms with van der Waals surface area (Å²) in [5.74, 6) is 1.37. The van der Waals surface area contributed by atoms with E-state index in [1.54, 1.807) is 13.2 Å². The van der Waals surface area contributed by atoms with Crippen LogP contribution in [0.2, 0.25) is 0 Å². The van der Waals surface area contributed by atoms with Crippen molar-refractivity contribution in [2.75, 3.05) is 7.11 Å². The third-order valence-electron chi connectivity index (χ3n) is 4.68. The highest BCUT2D eigenvalue weighted by Gasteiger charge is 2.43. The molecule has 4 rings (SSSR count). The van der Waals surface area contributed by atoms with Gasteiger partial charge < -0.3 is 14.8 Å². The van der Waals surface area contributed by atoms with Crippen LogP contribution in [0.5, 0.6) is 11.5 Å². The van der Waals surface area contributed by atoms with Crippen molar-refractivity contribution in [1.29, 1.82) is 0 Å².